The molecule has 0 aliphatic heterocycles. The van der Waals surface area contributed by atoms with Gasteiger partial charge in [-0.2, -0.15) is 5.10 Å². The Morgan fingerprint density at radius 1 is 1.07 bits per heavy atom. The van der Waals surface area contributed by atoms with Crippen LogP contribution in [0.1, 0.15) is 37.5 Å². The molecule has 3 rings (SSSR count). The van der Waals surface area contributed by atoms with Gasteiger partial charge in [-0.25, -0.2) is 4.68 Å². The van der Waals surface area contributed by atoms with E-state index in [-0.39, 0.29) is 11.8 Å². The molecule has 0 aliphatic rings. The second-order valence-electron chi connectivity index (χ2n) is 6.97. The van der Waals surface area contributed by atoms with Crippen molar-refractivity contribution >= 4 is 11.8 Å². The fourth-order valence-electron chi connectivity index (χ4n) is 2.95. The summed E-state index contributed by atoms with van der Waals surface area (Å²) in [6, 6.07) is 15.2. The average molecular weight is 376 g/mol. The van der Waals surface area contributed by atoms with Crippen LogP contribution in [0.5, 0.6) is 0 Å². The van der Waals surface area contributed by atoms with E-state index in [1.807, 2.05) is 50.2 Å². The molecule has 6 nitrogen and oxygen atoms in total. The molecule has 0 fully saturated rings. The zero-order valence-corrected chi connectivity index (χ0v) is 16.6. The van der Waals surface area contributed by atoms with Gasteiger partial charge in [0.05, 0.1) is 23.1 Å². The molecule has 2 amide bonds. The number of benzene rings is 2. The molecule has 0 saturated carbocycles. The molecule has 6 heteroatoms. The van der Waals surface area contributed by atoms with E-state index in [4.69, 9.17) is 0 Å². The largest absolute Gasteiger partial charge is 0.348 e. The van der Waals surface area contributed by atoms with Crippen molar-refractivity contribution in [1.29, 1.82) is 0 Å². The van der Waals surface area contributed by atoms with Gasteiger partial charge < -0.3 is 10.2 Å². The summed E-state index contributed by atoms with van der Waals surface area (Å²) in [5.74, 6) is -0.223. The highest BCUT2D eigenvalue weighted by molar-refractivity contribution is 5.95. The van der Waals surface area contributed by atoms with E-state index in [0.29, 0.717) is 17.7 Å². The Hall–Kier alpha value is -3.41. The SMILES string of the molecule is Cc1cccc(-n2ncc(C(=O)NCc3ccc(C(=O)N(C)C)cc3)c2C)c1. The highest BCUT2D eigenvalue weighted by Crippen LogP contribution is 2.15. The Bertz CT molecular complexity index is 1000. The highest BCUT2D eigenvalue weighted by atomic mass is 16.2. The van der Waals surface area contributed by atoms with E-state index in [2.05, 4.69) is 10.4 Å². The zero-order valence-electron chi connectivity index (χ0n) is 16.6. The van der Waals surface area contributed by atoms with E-state index in [0.717, 1.165) is 22.5 Å². The van der Waals surface area contributed by atoms with E-state index in [9.17, 15) is 9.59 Å². The van der Waals surface area contributed by atoms with Crippen LogP contribution in [0.2, 0.25) is 0 Å². The van der Waals surface area contributed by atoms with Crippen LogP contribution in [-0.4, -0.2) is 40.6 Å². The maximum atomic E-state index is 12.6. The molecule has 0 aliphatic carbocycles. The number of aryl methyl sites for hydroxylation is 1. The number of hydrogen-bond donors (Lipinski definition) is 1. The summed E-state index contributed by atoms with van der Waals surface area (Å²) in [5, 5.41) is 7.28. The summed E-state index contributed by atoms with van der Waals surface area (Å²) in [6.07, 6.45) is 1.59. The maximum Gasteiger partial charge on any atom is 0.255 e. The summed E-state index contributed by atoms with van der Waals surface area (Å²) < 4.78 is 1.77. The first kappa shape index (κ1) is 19.4. The Balaban J connectivity index is 1.68. The van der Waals surface area contributed by atoms with Crippen LogP contribution in [0.4, 0.5) is 0 Å². The molecule has 1 aromatic heterocycles. The molecule has 2 aromatic carbocycles. The Labute approximate surface area is 164 Å². The minimum Gasteiger partial charge on any atom is -0.348 e. The van der Waals surface area contributed by atoms with Crippen molar-refractivity contribution in [2.24, 2.45) is 0 Å². The second-order valence-corrected chi connectivity index (χ2v) is 6.97. The molecule has 28 heavy (non-hydrogen) atoms. The molecule has 0 saturated heterocycles. The number of aromatic nitrogens is 2. The van der Waals surface area contributed by atoms with Crippen molar-refractivity contribution < 1.29 is 9.59 Å². The van der Waals surface area contributed by atoms with Crippen molar-refractivity contribution in [3.8, 4) is 5.69 Å². The molecule has 1 heterocycles. The first-order valence-corrected chi connectivity index (χ1v) is 9.07. The number of nitrogens with one attached hydrogen (secondary N) is 1. The van der Waals surface area contributed by atoms with Crippen LogP contribution in [0, 0.1) is 13.8 Å². The molecule has 144 valence electrons. The Kier molecular flexibility index (Phi) is 5.59. The summed E-state index contributed by atoms with van der Waals surface area (Å²) in [5.41, 5.74) is 4.94. The summed E-state index contributed by atoms with van der Waals surface area (Å²) >= 11 is 0. The lowest BCUT2D eigenvalue weighted by Crippen LogP contribution is -2.24. The van der Waals surface area contributed by atoms with Gasteiger partial charge in [-0.15, -0.1) is 0 Å². The standard InChI is InChI=1S/C22H24N4O2/c1-15-6-5-7-19(12-15)26-16(2)20(14-24-26)21(27)23-13-17-8-10-18(11-9-17)22(28)25(3)4/h5-12,14H,13H2,1-4H3,(H,23,27). The molecule has 3 aromatic rings. The predicted molar refractivity (Wildman–Crippen MR) is 109 cm³/mol. The first-order chi connectivity index (χ1) is 13.4. The van der Waals surface area contributed by atoms with E-state index >= 15 is 0 Å². The number of rotatable bonds is 5. The van der Waals surface area contributed by atoms with Gasteiger partial charge in [0.2, 0.25) is 0 Å². The van der Waals surface area contributed by atoms with Crippen LogP contribution >= 0.6 is 0 Å². The maximum absolute atomic E-state index is 12.6. The van der Waals surface area contributed by atoms with Gasteiger partial charge in [-0.3, -0.25) is 9.59 Å². The lowest BCUT2D eigenvalue weighted by Gasteiger charge is -2.11. The summed E-state index contributed by atoms with van der Waals surface area (Å²) in [6.45, 7) is 4.28. The molecule has 0 spiro atoms. The van der Waals surface area contributed by atoms with Crippen LogP contribution < -0.4 is 5.32 Å². The van der Waals surface area contributed by atoms with Crippen LogP contribution in [0.25, 0.3) is 5.69 Å². The van der Waals surface area contributed by atoms with E-state index in [1.54, 1.807) is 37.1 Å². The minimum atomic E-state index is -0.176. The Morgan fingerprint density at radius 2 is 1.79 bits per heavy atom. The highest BCUT2D eigenvalue weighted by Gasteiger charge is 2.15. The molecule has 1 N–H and O–H groups in total. The van der Waals surface area contributed by atoms with Gasteiger partial charge in [0.25, 0.3) is 11.8 Å². The van der Waals surface area contributed by atoms with Gasteiger partial charge in [-0.1, -0.05) is 24.3 Å². The number of hydrogen-bond acceptors (Lipinski definition) is 3. The third-order valence-corrected chi connectivity index (χ3v) is 4.56. The second kappa shape index (κ2) is 8.08. The summed E-state index contributed by atoms with van der Waals surface area (Å²) in [4.78, 5) is 26.1. The van der Waals surface area contributed by atoms with Crippen molar-refractivity contribution in [2.75, 3.05) is 14.1 Å². The third kappa shape index (κ3) is 4.11. The Morgan fingerprint density at radius 3 is 2.43 bits per heavy atom. The average Bonchev–Trinajstić information content (AvgIpc) is 3.07. The van der Waals surface area contributed by atoms with Gasteiger partial charge in [-0.05, 0) is 49.2 Å². The molecule has 0 atom stereocenters. The number of nitrogens with zero attached hydrogens (tertiary/aromatic N) is 3. The predicted octanol–water partition coefficient (Wildman–Crippen LogP) is 3.12. The third-order valence-electron chi connectivity index (χ3n) is 4.56. The van der Waals surface area contributed by atoms with Crippen molar-refractivity contribution in [1.82, 2.24) is 20.0 Å². The van der Waals surface area contributed by atoms with Crippen molar-refractivity contribution in [3.63, 3.8) is 0 Å². The van der Waals surface area contributed by atoms with Crippen molar-refractivity contribution in [2.45, 2.75) is 20.4 Å². The van der Waals surface area contributed by atoms with Gasteiger partial charge >= 0.3 is 0 Å². The summed E-state index contributed by atoms with van der Waals surface area (Å²) in [7, 11) is 3.44. The molecule has 0 radical (unpaired) electrons. The zero-order chi connectivity index (χ0) is 20.3. The number of carbonyl (C=O) groups is 2. The molecule has 0 unspecified atom stereocenters. The lowest BCUT2D eigenvalue weighted by atomic mass is 10.1. The first-order valence-electron chi connectivity index (χ1n) is 9.07. The molecular formula is C22H24N4O2. The molecular weight excluding hydrogens is 352 g/mol. The van der Waals surface area contributed by atoms with Crippen LogP contribution in [-0.2, 0) is 6.54 Å². The smallest absolute Gasteiger partial charge is 0.255 e. The normalized spacial score (nSPS) is 10.6. The van der Waals surface area contributed by atoms with Gasteiger partial charge in [0.15, 0.2) is 0 Å². The number of amides is 2. The van der Waals surface area contributed by atoms with E-state index < -0.39 is 0 Å². The quantitative estimate of drug-likeness (QED) is 0.744. The van der Waals surface area contributed by atoms with Crippen LogP contribution in [0.15, 0.2) is 54.7 Å². The fourth-order valence-corrected chi connectivity index (χ4v) is 2.95. The van der Waals surface area contributed by atoms with Gasteiger partial charge in [0, 0.05) is 26.2 Å². The van der Waals surface area contributed by atoms with Gasteiger partial charge in [0.1, 0.15) is 0 Å². The minimum absolute atomic E-state index is 0.0465. The monoisotopic (exact) mass is 376 g/mol. The van der Waals surface area contributed by atoms with E-state index in [1.165, 1.54) is 4.90 Å². The topological polar surface area (TPSA) is 67.2 Å². The van der Waals surface area contributed by atoms with Crippen molar-refractivity contribution in [3.05, 3.63) is 82.7 Å². The van der Waals surface area contributed by atoms with Crippen LogP contribution in [0.3, 0.4) is 0 Å². The number of carbonyl (C=O) groups excluding carboxylic acids is 2. The fraction of sp³-hybridized carbons (Fsp3) is 0.227. The lowest BCUT2D eigenvalue weighted by molar-refractivity contribution is 0.0827. The molecule has 0 bridgehead atoms.